The van der Waals surface area contributed by atoms with Crippen LogP contribution in [0.1, 0.15) is 31.2 Å². The Hall–Kier alpha value is -1.78. The van der Waals surface area contributed by atoms with E-state index in [9.17, 15) is 4.79 Å². The summed E-state index contributed by atoms with van der Waals surface area (Å²) >= 11 is 0. The lowest BCUT2D eigenvalue weighted by Crippen LogP contribution is -2.43. The highest BCUT2D eigenvalue weighted by molar-refractivity contribution is 5.88. The van der Waals surface area contributed by atoms with Gasteiger partial charge in [-0.15, -0.1) is 12.4 Å². The van der Waals surface area contributed by atoms with Gasteiger partial charge < -0.3 is 15.8 Å². The maximum Gasteiger partial charge on any atom is 0.227 e. The highest BCUT2D eigenvalue weighted by Crippen LogP contribution is 2.32. The molecule has 1 fully saturated rings. The van der Waals surface area contributed by atoms with E-state index in [1.54, 1.807) is 7.11 Å². The average molecular weight is 349 g/mol. The zero-order valence-electron chi connectivity index (χ0n) is 14.1. The summed E-state index contributed by atoms with van der Waals surface area (Å²) in [6.45, 7) is 2.46. The quantitative estimate of drug-likeness (QED) is 0.842. The maximum absolute atomic E-state index is 12.5. The second kappa shape index (κ2) is 7.86. The number of rotatable bonds is 6. The maximum atomic E-state index is 12.5. The number of carbonyl (C=O) groups excluding carboxylic acids is 1. The zero-order chi connectivity index (χ0) is 16.4. The van der Waals surface area contributed by atoms with Crippen LogP contribution in [0.3, 0.4) is 0 Å². The summed E-state index contributed by atoms with van der Waals surface area (Å²) in [5.41, 5.74) is 6.80. The van der Waals surface area contributed by atoms with Crippen LogP contribution < -0.4 is 15.8 Å². The lowest BCUT2D eigenvalue weighted by Gasteiger charge is -2.20. The van der Waals surface area contributed by atoms with Gasteiger partial charge in [0.2, 0.25) is 5.91 Å². The van der Waals surface area contributed by atoms with Crippen LogP contribution in [-0.2, 0) is 4.79 Å². The largest absolute Gasteiger partial charge is 0.497 e. The van der Waals surface area contributed by atoms with Crippen LogP contribution in [0.2, 0.25) is 0 Å². The van der Waals surface area contributed by atoms with Gasteiger partial charge in [0.25, 0.3) is 0 Å². The molecule has 1 aliphatic rings. The van der Waals surface area contributed by atoms with E-state index < -0.39 is 0 Å². The molecule has 3 N–H and O–H groups in total. The molecule has 24 heavy (non-hydrogen) atoms. The number of amides is 1. The normalized spacial score (nSPS) is 16.1. The highest BCUT2D eigenvalue weighted by Gasteiger charge is 2.32. The number of methoxy groups -OCH3 is 1. The molecular formula is C19H25ClN2O2. The van der Waals surface area contributed by atoms with Gasteiger partial charge in [-0.2, -0.15) is 0 Å². The lowest BCUT2D eigenvalue weighted by atomic mass is 9.96. The highest BCUT2D eigenvalue weighted by atomic mass is 35.5. The molecule has 0 radical (unpaired) electrons. The first-order valence-corrected chi connectivity index (χ1v) is 8.20. The molecule has 0 aliphatic heterocycles. The number of halogens is 1. The van der Waals surface area contributed by atoms with Gasteiger partial charge in [0, 0.05) is 12.6 Å². The Kier molecular flexibility index (Phi) is 6.08. The van der Waals surface area contributed by atoms with Crippen molar-refractivity contribution in [1.82, 2.24) is 5.32 Å². The Morgan fingerprint density at radius 1 is 1.25 bits per heavy atom. The Balaban J connectivity index is 0.00000208. The fraction of sp³-hybridized carbons (Fsp3) is 0.421. The van der Waals surface area contributed by atoms with Crippen molar-refractivity contribution in [1.29, 1.82) is 0 Å². The molecule has 0 saturated heterocycles. The third kappa shape index (κ3) is 4.00. The van der Waals surface area contributed by atoms with Crippen LogP contribution in [-0.4, -0.2) is 25.6 Å². The number of fused-ring (bicyclic) bond motifs is 1. The second-order valence-corrected chi connectivity index (χ2v) is 6.38. The molecule has 1 saturated carbocycles. The Labute approximate surface area is 149 Å². The molecule has 0 aromatic heterocycles. The molecule has 5 heteroatoms. The van der Waals surface area contributed by atoms with E-state index in [1.165, 1.54) is 12.8 Å². The monoisotopic (exact) mass is 348 g/mol. The lowest BCUT2D eigenvalue weighted by molar-refractivity contribution is -0.123. The van der Waals surface area contributed by atoms with Crippen molar-refractivity contribution >= 4 is 29.1 Å². The molecule has 3 rings (SSSR count). The molecule has 0 heterocycles. The molecule has 0 bridgehead atoms. The summed E-state index contributed by atoms with van der Waals surface area (Å²) in [5, 5.41) is 5.33. The third-order valence-corrected chi connectivity index (χ3v) is 4.74. The van der Waals surface area contributed by atoms with Crippen molar-refractivity contribution in [2.24, 2.45) is 11.7 Å². The summed E-state index contributed by atoms with van der Waals surface area (Å²) in [6, 6.07) is 12.2. The van der Waals surface area contributed by atoms with Crippen molar-refractivity contribution in [3.63, 3.8) is 0 Å². The minimum atomic E-state index is -0.186. The summed E-state index contributed by atoms with van der Waals surface area (Å²) in [6.07, 6.45) is 2.35. The smallest absolute Gasteiger partial charge is 0.227 e. The fourth-order valence-electron chi connectivity index (χ4n) is 2.97. The molecule has 1 aliphatic carbocycles. The number of nitrogens with two attached hydrogens (primary N) is 1. The molecule has 2 unspecified atom stereocenters. The molecule has 130 valence electrons. The van der Waals surface area contributed by atoms with Crippen molar-refractivity contribution < 1.29 is 9.53 Å². The number of hydrogen-bond donors (Lipinski definition) is 2. The number of nitrogens with one attached hydrogen (secondary N) is 1. The van der Waals surface area contributed by atoms with Gasteiger partial charge in [-0.3, -0.25) is 4.79 Å². The van der Waals surface area contributed by atoms with Crippen LogP contribution >= 0.6 is 12.4 Å². The Morgan fingerprint density at radius 3 is 2.54 bits per heavy atom. The van der Waals surface area contributed by atoms with Crippen molar-refractivity contribution in [3.05, 3.63) is 42.0 Å². The second-order valence-electron chi connectivity index (χ2n) is 6.38. The molecule has 2 aromatic rings. The predicted octanol–water partition coefficient (Wildman–Crippen LogP) is 3.23. The predicted molar refractivity (Wildman–Crippen MR) is 99.9 cm³/mol. The number of hydrogen-bond acceptors (Lipinski definition) is 3. The van der Waals surface area contributed by atoms with E-state index in [-0.39, 0.29) is 30.3 Å². The molecular weight excluding hydrogens is 324 g/mol. The van der Waals surface area contributed by atoms with E-state index in [1.807, 2.05) is 37.3 Å². The van der Waals surface area contributed by atoms with E-state index >= 15 is 0 Å². The minimum absolute atomic E-state index is 0. The van der Waals surface area contributed by atoms with E-state index in [2.05, 4.69) is 11.4 Å². The van der Waals surface area contributed by atoms with Crippen LogP contribution in [0.4, 0.5) is 0 Å². The first-order valence-electron chi connectivity index (χ1n) is 8.20. The fourth-order valence-corrected chi connectivity index (χ4v) is 2.97. The van der Waals surface area contributed by atoms with Crippen LogP contribution in [0.25, 0.3) is 10.8 Å². The summed E-state index contributed by atoms with van der Waals surface area (Å²) in [5.74, 6) is 1.28. The van der Waals surface area contributed by atoms with E-state index in [4.69, 9.17) is 10.5 Å². The van der Waals surface area contributed by atoms with Gasteiger partial charge in [0.1, 0.15) is 5.75 Å². The molecule has 2 aromatic carbocycles. The van der Waals surface area contributed by atoms with Gasteiger partial charge in [0.15, 0.2) is 0 Å². The minimum Gasteiger partial charge on any atom is -0.497 e. The van der Waals surface area contributed by atoms with E-state index in [0.29, 0.717) is 12.5 Å². The van der Waals surface area contributed by atoms with Crippen LogP contribution in [0.5, 0.6) is 5.75 Å². The molecule has 2 atom stereocenters. The SMILES string of the molecule is COc1ccc2cc(C(C)C(=O)NC(CN)C3CC3)ccc2c1.Cl. The zero-order valence-corrected chi connectivity index (χ0v) is 14.9. The van der Waals surface area contributed by atoms with Crippen LogP contribution in [0, 0.1) is 5.92 Å². The van der Waals surface area contributed by atoms with Crippen molar-refractivity contribution in [2.45, 2.75) is 31.7 Å². The summed E-state index contributed by atoms with van der Waals surface area (Å²) < 4.78 is 5.25. The van der Waals surface area contributed by atoms with Gasteiger partial charge in [-0.25, -0.2) is 0 Å². The third-order valence-electron chi connectivity index (χ3n) is 4.74. The molecule has 4 nitrogen and oxygen atoms in total. The number of benzene rings is 2. The molecule has 1 amide bonds. The topological polar surface area (TPSA) is 64.3 Å². The Bertz CT molecular complexity index is 716. The standard InChI is InChI=1S/C19H24N2O2.ClH/c1-12(19(22)21-18(11-20)13-3-4-13)14-5-6-16-10-17(23-2)8-7-15(16)9-14;/h5-10,12-13,18H,3-4,11,20H2,1-2H3,(H,21,22);1H. The Morgan fingerprint density at radius 2 is 1.92 bits per heavy atom. The summed E-state index contributed by atoms with van der Waals surface area (Å²) in [4.78, 5) is 12.5. The number of carbonyl (C=O) groups is 1. The van der Waals surface area contributed by atoms with Gasteiger partial charge >= 0.3 is 0 Å². The van der Waals surface area contributed by atoms with Gasteiger partial charge in [0.05, 0.1) is 13.0 Å². The van der Waals surface area contributed by atoms with Crippen LogP contribution in [0.15, 0.2) is 36.4 Å². The van der Waals surface area contributed by atoms with Crippen molar-refractivity contribution in [2.75, 3.05) is 13.7 Å². The van der Waals surface area contributed by atoms with E-state index in [0.717, 1.165) is 22.1 Å². The number of ether oxygens (including phenoxy) is 1. The molecule has 0 spiro atoms. The first-order chi connectivity index (χ1) is 11.1. The van der Waals surface area contributed by atoms with Crippen molar-refractivity contribution in [3.8, 4) is 5.75 Å². The van der Waals surface area contributed by atoms with Gasteiger partial charge in [-0.05, 0) is 54.2 Å². The van der Waals surface area contributed by atoms with Gasteiger partial charge in [-0.1, -0.05) is 24.3 Å². The summed E-state index contributed by atoms with van der Waals surface area (Å²) in [7, 11) is 1.66. The average Bonchev–Trinajstić information content (AvgIpc) is 3.42. The first kappa shape index (κ1) is 18.6.